The van der Waals surface area contributed by atoms with E-state index in [1.54, 1.807) is 7.05 Å². The summed E-state index contributed by atoms with van der Waals surface area (Å²) in [5, 5.41) is 5.71. The molecule has 0 radical (unpaired) electrons. The van der Waals surface area contributed by atoms with Crippen LogP contribution in [0.25, 0.3) is 0 Å². The van der Waals surface area contributed by atoms with Gasteiger partial charge in [0, 0.05) is 11.5 Å². The van der Waals surface area contributed by atoms with Gasteiger partial charge in [-0.2, -0.15) is 4.98 Å². The summed E-state index contributed by atoms with van der Waals surface area (Å²) in [7, 11) is 1.68. The van der Waals surface area contributed by atoms with Crippen LogP contribution in [0.5, 0.6) is 0 Å². The molecule has 6 heteroatoms. The van der Waals surface area contributed by atoms with Gasteiger partial charge in [0.1, 0.15) is 0 Å². The summed E-state index contributed by atoms with van der Waals surface area (Å²) in [5.74, 6) is 0.00531. The Morgan fingerprint density at radius 2 is 2.11 bits per heavy atom. The van der Waals surface area contributed by atoms with Crippen LogP contribution in [0.15, 0.2) is 28.9 Å². The lowest BCUT2D eigenvalue weighted by atomic mass is 10.2. The van der Waals surface area contributed by atoms with E-state index < -0.39 is 5.82 Å². The molecule has 18 heavy (non-hydrogen) atoms. The molecule has 0 atom stereocenters. The number of hydrogen-bond acceptors (Lipinski definition) is 4. The second kappa shape index (κ2) is 5.30. The van der Waals surface area contributed by atoms with Crippen molar-refractivity contribution in [3.05, 3.63) is 40.2 Å². The van der Waals surface area contributed by atoms with Gasteiger partial charge in [0.15, 0.2) is 11.6 Å². The van der Waals surface area contributed by atoms with Crippen LogP contribution in [-0.4, -0.2) is 17.0 Å². The van der Waals surface area contributed by atoms with Crippen molar-refractivity contribution in [1.29, 1.82) is 0 Å². The van der Waals surface area contributed by atoms with E-state index in [9.17, 15) is 4.39 Å². The Balaban J connectivity index is 2.36. The van der Waals surface area contributed by atoms with Gasteiger partial charge in [0.05, 0.1) is 11.9 Å². The zero-order chi connectivity index (χ0) is 13.1. The average molecular weight is 311 g/mol. The first-order valence-corrected chi connectivity index (χ1v) is 6.13. The lowest BCUT2D eigenvalue weighted by Gasteiger charge is -2.10. The topological polar surface area (TPSA) is 49.8 Å². The smallest absolute Gasteiger partial charge is 0.224 e. The van der Waals surface area contributed by atoms with Crippen LogP contribution in [0.1, 0.15) is 5.56 Å². The summed E-state index contributed by atoms with van der Waals surface area (Å²) in [4.78, 5) is 7.82. The van der Waals surface area contributed by atoms with Crippen molar-refractivity contribution in [1.82, 2.24) is 9.97 Å². The first-order valence-electron chi connectivity index (χ1n) is 5.33. The summed E-state index contributed by atoms with van der Waals surface area (Å²) < 4.78 is 14.4. The van der Waals surface area contributed by atoms with E-state index in [0.717, 1.165) is 21.9 Å². The molecule has 1 aromatic heterocycles. The van der Waals surface area contributed by atoms with Crippen molar-refractivity contribution in [3.8, 4) is 0 Å². The van der Waals surface area contributed by atoms with Crippen LogP contribution in [0.4, 0.5) is 21.8 Å². The minimum absolute atomic E-state index is 0.139. The number of aromatic nitrogens is 2. The van der Waals surface area contributed by atoms with E-state index in [1.165, 1.54) is 0 Å². The molecule has 0 aliphatic heterocycles. The van der Waals surface area contributed by atoms with Crippen molar-refractivity contribution in [2.24, 2.45) is 0 Å². The Kier molecular flexibility index (Phi) is 3.76. The number of nitrogens with zero attached hydrogens (tertiary/aromatic N) is 2. The molecule has 4 nitrogen and oxygen atoms in total. The highest BCUT2D eigenvalue weighted by atomic mass is 79.9. The fraction of sp³-hybridized carbons (Fsp3) is 0.167. The van der Waals surface area contributed by atoms with Crippen molar-refractivity contribution in [2.75, 3.05) is 17.7 Å². The zero-order valence-corrected chi connectivity index (χ0v) is 11.5. The van der Waals surface area contributed by atoms with Gasteiger partial charge in [0.2, 0.25) is 5.95 Å². The molecule has 0 aliphatic carbocycles. The van der Waals surface area contributed by atoms with Crippen molar-refractivity contribution in [2.45, 2.75) is 6.92 Å². The zero-order valence-electron chi connectivity index (χ0n) is 9.96. The Hall–Kier alpha value is -1.69. The molecule has 0 saturated carbocycles. The second-order valence-corrected chi connectivity index (χ2v) is 4.60. The van der Waals surface area contributed by atoms with Crippen molar-refractivity contribution >= 4 is 33.4 Å². The Labute approximate surface area is 113 Å². The number of aryl methyl sites for hydroxylation is 1. The Morgan fingerprint density at radius 1 is 1.33 bits per heavy atom. The van der Waals surface area contributed by atoms with Gasteiger partial charge in [-0.25, -0.2) is 9.37 Å². The number of halogens is 2. The van der Waals surface area contributed by atoms with Gasteiger partial charge < -0.3 is 10.6 Å². The molecule has 0 spiro atoms. The van der Waals surface area contributed by atoms with Crippen LogP contribution < -0.4 is 10.6 Å². The second-order valence-electron chi connectivity index (χ2n) is 3.75. The molecule has 94 valence electrons. The number of nitrogens with one attached hydrogen (secondary N) is 2. The van der Waals surface area contributed by atoms with Crippen LogP contribution in [0, 0.1) is 12.7 Å². The third-order valence-corrected chi connectivity index (χ3v) is 3.03. The molecule has 0 bridgehead atoms. The SMILES string of the molecule is CNc1ncc(F)c(Nc2cc(C)ccc2Br)n1. The summed E-state index contributed by atoms with van der Waals surface area (Å²) in [6, 6.07) is 5.77. The first-order chi connectivity index (χ1) is 8.60. The molecule has 0 saturated heterocycles. The predicted octanol–water partition coefficient (Wildman–Crippen LogP) is 3.47. The van der Waals surface area contributed by atoms with Gasteiger partial charge in [-0.05, 0) is 40.5 Å². The van der Waals surface area contributed by atoms with Crippen LogP contribution in [0.2, 0.25) is 0 Å². The third-order valence-electron chi connectivity index (χ3n) is 2.34. The number of rotatable bonds is 3. The van der Waals surface area contributed by atoms with Gasteiger partial charge >= 0.3 is 0 Å². The van der Waals surface area contributed by atoms with E-state index >= 15 is 0 Å². The molecule has 0 unspecified atom stereocenters. The highest BCUT2D eigenvalue weighted by Crippen LogP contribution is 2.27. The maximum Gasteiger partial charge on any atom is 0.224 e. The molecule has 1 aromatic carbocycles. The predicted molar refractivity (Wildman–Crippen MR) is 73.7 cm³/mol. The lowest BCUT2D eigenvalue weighted by molar-refractivity contribution is 0.619. The minimum atomic E-state index is -0.498. The third kappa shape index (κ3) is 2.76. The molecule has 2 rings (SSSR count). The normalized spacial score (nSPS) is 10.2. The maximum absolute atomic E-state index is 13.6. The molecule has 0 amide bonds. The highest BCUT2D eigenvalue weighted by Gasteiger charge is 2.08. The van der Waals surface area contributed by atoms with E-state index in [0.29, 0.717) is 5.95 Å². The average Bonchev–Trinajstić information content (AvgIpc) is 2.36. The number of benzene rings is 1. The standard InChI is InChI=1S/C12H12BrFN4/c1-7-3-4-8(13)10(5-7)17-11-9(14)6-16-12(15-2)18-11/h3-6H,1-2H3,(H2,15,16,17,18). The van der Waals surface area contributed by atoms with Crippen LogP contribution in [0.3, 0.4) is 0 Å². The lowest BCUT2D eigenvalue weighted by Crippen LogP contribution is -2.03. The van der Waals surface area contributed by atoms with E-state index in [-0.39, 0.29) is 5.82 Å². The van der Waals surface area contributed by atoms with Gasteiger partial charge in [-0.1, -0.05) is 6.07 Å². The fourth-order valence-corrected chi connectivity index (χ4v) is 1.78. The molecule has 0 aliphatic rings. The summed E-state index contributed by atoms with van der Waals surface area (Å²) >= 11 is 3.40. The number of anilines is 3. The Bertz CT molecular complexity index is 574. The van der Waals surface area contributed by atoms with Gasteiger partial charge in [0.25, 0.3) is 0 Å². The minimum Gasteiger partial charge on any atom is -0.357 e. The monoisotopic (exact) mass is 310 g/mol. The quantitative estimate of drug-likeness (QED) is 0.911. The highest BCUT2D eigenvalue weighted by molar-refractivity contribution is 9.10. The molecular weight excluding hydrogens is 299 g/mol. The largest absolute Gasteiger partial charge is 0.357 e. The fourth-order valence-electron chi connectivity index (χ4n) is 1.44. The summed E-state index contributed by atoms with van der Waals surface area (Å²) in [6.45, 7) is 1.97. The molecule has 2 N–H and O–H groups in total. The molecular formula is C12H12BrFN4. The van der Waals surface area contributed by atoms with E-state index in [4.69, 9.17) is 0 Å². The Morgan fingerprint density at radius 3 is 2.83 bits per heavy atom. The van der Waals surface area contributed by atoms with Gasteiger partial charge in [-0.15, -0.1) is 0 Å². The summed E-state index contributed by atoms with van der Waals surface area (Å²) in [5.41, 5.74) is 1.83. The first kappa shape index (κ1) is 12.8. The van der Waals surface area contributed by atoms with Gasteiger partial charge in [-0.3, -0.25) is 0 Å². The van der Waals surface area contributed by atoms with E-state index in [1.807, 2.05) is 25.1 Å². The molecule has 2 aromatic rings. The molecule has 0 fully saturated rings. The van der Waals surface area contributed by atoms with E-state index in [2.05, 4.69) is 36.5 Å². The molecule has 1 heterocycles. The van der Waals surface area contributed by atoms with Crippen LogP contribution in [-0.2, 0) is 0 Å². The maximum atomic E-state index is 13.6. The van der Waals surface area contributed by atoms with Crippen molar-refractivity contribution < 1.29 is 4.39 Å². The van der Waals surface area contributed by atoms with Crippen molar-refractivity contribution in [3.63, 3.8) is 0 Å². The van der Waals surface area contributed by atoms with Crippen LogP contribution >= 0.6 is 15.9 Å². The summed E-state index contributed by atoms with van der Waals surface area (Å²) in [6.07, 6.45) is 1.13. The number of hydrogen-bond donors (Lipinski definition) is 2.